The van der Waals surface area contributed by atoms with Crippen LogP contribution in [0, 0.1) is 0 Å². The van der Waals surface area contributed by atoms with E-state index in [4.69, 9.17) is 9.47 Å². The molecule has 2 aromatic heterocycles. The Hall–Kier alpha value is -2.68. The molecule has 1 aliphatic heterocycles. The van der Waals surface area contributed by atoms with Gasteiger partial charge in [-0.05, 0) is 58.5 Å². The minimum Gasteiger partial charge on any atom is -0.491 e. The Morgan fingerprint density at radius 2 is 1.91 bits per heavy atom. The summed E-state index contributed by atoms with van der Waals surface area (Å²) in [6, 6.07) is 13.7. The third kappa shape index (κ3) is 6.12. The molecule has 0 bridgehead atoms. The quantitative estimate of drug-likeness (QED) is 0.373. The monoisotopic (exact) mass is 512 g/mol. The molecule has 6 nitrogen and oxygen atoms in total. The van der Waals surface area contributed by atoms with Crippen LogP contribution in [0.3, 0.4) is 0 Å². The molecule has 4 rings (SSSR count). The highest BCUT2D eigenvalue weighted by Gasteiger charge is 2.33. The summed E-state index contributed by atoms with van der Waals surface area (Å²) >= 11 is 3.11. The van der Waals surface area contributed by atoms with E-state index < -0.39 is 0 Å². The molecule has 0 spiro atoms. The molecule has 0 aliphatic carbocycles. The highest BCUT2D eigenvalue weighted by atomic mass is 32.1. The summed E-state index contributed by atoms with van der Waals surface area (Å²) in [5, 5.41) is 3.95. The van der Waals surface area contributed by atoms with Gasteiger partial charge in [-0.3, -0.25) is 9.59 Å². The summed E-state index contributed by atoms with van der Waals surface area (Å²) in [6.45, 7) is 6.06. The molecule has 1 atom stereocenters. The van der Waals surface area contributed by atoms with Gasteiger partial charge in [0.2, 0.25) is 5.91 Å². The molecule has 1 aliphatic rings. The van der Waals surface area contributed by atoms with Crippen LogP contribution in [0.1, 0.15) is 51.5 Å². The summed E-state index contributed by atoms with van der Waals surface area (Å²) in [7, 11) is 1.60. The molecular weight excluding hydrogens is 480 g/mol. The Labute approximate surface area is 215 Å². The maximum Gasteiger partial charge on any atom is 0.264 e. The second kappa shape index (κ2) is 11.8. The van der Waals surface area contributed by atoms with Gasteiger partial charge in [-0.2, -0.15) is 0 Å². The number of rotatable bonds is 10. The van der Waals surface area contributed by atoms with Crippen molar-refractivity contribution in [3.8, 4) is 5.75 Å². The number of carbonyl (C=O) groups is 2. The first kappa shape index (κ1) is 25.4. The van der Waals surface area contributed by atoms with Crippen molar-refractivity contribution >= 4 is 34.5 Å². The standard InChI is InChI=1S/C27H32N2O4S2/c1-19(2)20-6-8-21(9-7-20)33-18-23-22-11-16-35-24(22)10-12-29(23)26(30)17-28(13-14-32-3)27(31)25-5-4-15-34-25/h4-9,11,15-16,19,23H,10,12-14,17-18H2,1-3H3. The topological polar surface area (TPSA) is 59.1 Å². The number of fused-ring (bicyclic) bond motifs is 1. The Balaban J connectivity index is 1.49. The molecule has 1 aromatic carbocycles. The maximum absolute atomic E-state index is 13.6. The van der Waals surface area contributed by atoms with Gasteiger partial charge in [0.1, 0.15) is 18.9 Å². The first-order valence-corrected chi connectivity index (χ1v) is 13.6. The molecular formula is C27H32N2O4S2. The number of carbonyl (C=O) groups excluding carboxylic acids is 2. The van der Waals surface area contributed by atoms with E-state index in [0.717, 1.165) is 17.7 Å². The van der Waals surface area contributed by atoms with E-state index in [1.54, 1.807) is 29.4 Å². The van der Waals surface area contributed by atoms with E-state index in [9.17, 15) is 9.59 Å². The second-order valence-corrected chi connectivity index (χ2v) is 10.8. The van der Waals surface area contributed by atoms with Gasteiger partial charge in [0.25, 0.3) is 5.91 Å². The first-order valence-electron chi connectivity index (χ1n) is 11.9. The Kier molecular flexibility index (Phi) is 8.59. The molecule has 3 heterocycles. The third-order valence-electron chi connectivity index (χ3n) is 6.28. The van der Waals surface area contributed by atoms with Crippen molar-refractivity contribution in [1.29, 1.82) is 0 Å². The predicted molar refractivity (Wildman–Crippen MR) is 141 cm³/mol. The largest absolute Gasteiger partial charge is 0.491 e. The van der Waals surface area contributed by atoms with Gasteiger partial charge in [0.15, 0.2) is 0 Å². The zero-order chi connectivity index (χ0) is 24.8. The number of benzene rings is 1. The highest BCUT2D eigenvalue weighted by Crippen LogP contribution is 2.34. The van der Waals surface area contributed by atoms with Gasteiger partial charge in [0, 0.05) is 25.1 Å². The molecule has 8 heteroatoms. The summed E-state index contributed by atoms with van der Waals surface area (Å²) in [5.41, 5.74) is 2.40. The highest BCUT2D eigenvalue weighted by molar-refractivity contribution is 7.12. The minimum atomic E-state index is -0.191. The van der Waals surface area contributed by atoms with E-state index in [-0.39, 0.29) is 24.4 Å². The number of amides is 2. The van der Waals surface area contributed by atoms with E-state index in [1.165, 1.54) is 21.8 Å². The van der Waals surface area contributed by atoms with Crippen LogP contribution in [-0.2, 0) is 16.0 Å². The Morgan fingerprint density at radius 3 is 2.60 bits per heavy atom. The number of ether oxygens (including phenoxy) is 2. The van der Waals surface area contributed by atoms with Gasteiger partial charge in [-0.15, -0.1) is 22.7 Å². The average Bonchev–Trinajstić information content (AvgIpc) is 3.57. The number of thiophene rings is 2. The fraction of sp³-hybridized carbons (Fsp3) is 0.407. The fourth-order valence-electron chi connectivity index (χ4n) is 4.26. The number of nitrogens with zero attached hydrogens (tertiary/aromatic N) is 2. The Bertz CT molecular complexity index is 1110. The van der Waals surface area contributed by atoms with Crippen LogP contribution in [0.2, 0.25) is 0 Å². The SMILES string of the molecule is COCCN(CC(=O)N1CCc2sccc2C1COc1ccc(C(C)C)cc1)C(=O)c1cccs1. The van der Waals surface area contributed by atoms with Crippen molar-refractivity contribution in [1.82, 2.24) is 9.80 Å². The zero-order valence-electron chi connectivity index (χ0n) is 20.4. The van der Waals surface area contributed by atoms with Crippen LogP contribution in [0.5, 0.6) is 5.75 Å². The van der Waals surface area contributed by atoms with E-state index in [0.29, 0.717) is 37.1 Å². The van der Waals surface area contributed by atoms with Crippen LogP contribution >= 0.6 is 22.7 Å². The van der Waals surface area contributed by atoms with Crippen molar-refractivity contribution in [2.24, 2.45) is 0 Å². The lowest BCUT2D eigenvalue weighted by molar-refractivity contribution is -0.135. The van der Waals surface area contributed by atoms with Crippen LogP contribution in [0.25, 0.3) is 0 Å². The van der Waals surface area contributed by atoms with Crippen LogP contribution in [0.15, 0.2) is 53.2 Å². The number of methoxy groups -OCH3 is 1. The molecule has 0 fully saturated rings. The van der Waals surface area contributed by atoms with Crippen LogP contribution in [-0.4, -0.2) is 61.6 Å². The lowest BCUT2D eigenvalue weighted by atomic mass is 10.00. The van der Waals surface area contributed by atoms with Gasteiger partial charge < -0.3 is 19.3 Å². The number of hydrogen-bond acceptors (Lipinski definition) is 6. The summed E-state index contributed by atoms with van der Waals surface area (Å²) in [4.78, 5) is 32.0. The fourth-order valence-corrected chi connectivity index (χ4v) is 5.88. The molecule has 1 unspecified atom stereocenters. The normalized spacial score (nSPS) is 15.2. The summed E-state index contributed by atoms with van der Waals surface area (Å²) in [6.07, 6.45) is 0.815. The van der Waals surface area contributed by atoms with Crippen LogP contribution < -0.4 is 4.74 Å². The van der Waals surface area contributed by atoms with Crippen molar-refractivity contribution in [3.63, 3.8) is 0 Å². The molecule has 186 valence electrons. The molecule has 3 aromatic rings. The van der Waals surface area contributed by atoms with Crippen molar-refractivity contribution in [3.05, 3.63) is 74.1 Å². The lowest BCUT2D eigenvalue weighted by Gasteiger charge is -2.37. The molecule has 0 radical (unpaired) electrons. The molecule has 35 heavy (non-hydrogen) atoms. The van der Waals surface area contributed by atoms with Gasteiger partial charge in [-0.1, -0.05) is 32.0 Å². The van der Waals surface area contributed by atoms with Crippen molar-refractivity contribution in [2.75, 3.05) is 40.0 Å². The van der Waals surface area contributed by atoms with Gasteiger partial charge >= 0.3 is 0 Å². The van der Waals surface area contributed by atoms with Gasteiger partial charge in [-0.25, -0.2) is 0 Å². The first-order chi connectivity index (χ1) is 17.0. The van der Waals surface area contributed by atoms with Crippen molar-refractivity contribution < 1.29 is 19.1 Å². The maximum atomic E-state index is 13.6. The van der Waals surface area contributed by atoms with Crippen molar-refractivity contribution in [2.45, 2.75) is 32.2 Å². The summed E-state index contributed by atoms with van der Waals surface area (Å²) < 4.78 is 11.4. The average molecular weight is 513 g/mol. The molecule has 0 saturated heterocycles. The van der Waals surface area contributed by atoms with E-state index in [2.05, 4.69) is 37.4 Å². The van der Waals surface area contributed by atoms with Crippen LogP contribution in [0.4, 0.5) is 0 Å². The third-order valence-corrected chi connectivity index (χ3v) is 8.13. The smallest absolute Gasteiger partial charge is 0.264 e. The second-order valence-electron chi connectivity index (χ2n) is 8.88. The minimum absolute atomic E-state index is 0.0130. The van der Waals surface area contributed by atoms with Gasteiger partial charge in [0.05, 0.1) is 17.5 Å². The van der Waals surface area contributed by atoms with E-state index >= 15 is 0 Å². The molecule has 0 N–H and O–H groups in total. The molecule has 0 saturated carbocycles. The van der Waals surface area contributed by atoms with E-state index in [1.807, 2.05) is 28.5 Å². The predicted octanol–water partition coefficient (Wildman–Crippen LogP) is 5.23. The zero-order valence-corrected chi connectivity index (χ0v) is 22.1. The number of hydrogen-bond donors (Lipinski definition) is 0. The molecule has 2 amide bonds. The Morgan fingerprint density at radius 1 is 1.11 bits per heavy atom. The summed E-state index contributed by atoms with van der Waals surface area (Å²) in [5.74, 6) is 1.03. The lowest BCUT2D eigenvalue weighted by Crippen LogP contribution is -2.48.